The molecule has 0 radical (unpaired) electrons. The zero-order valence-corrected chi connectivity index (χ0v) is 15.7. The minimum Gasteiger partial charge on any atom is -0.487 e. The number of benzene rings is 3. The molecule has 27 heavy (non-hydrogen) atoms. The summed E-state index contributed by atoms with van der Waals surface area (Å²) in [6, 6.07) is 19.3. The van der Waals surface area contributed by atoms with Gasteiger partial charge in [0.15, 0.2) is 0 Å². The van der Waals surface area contributed by atoms with Crippen LogP contribution in [0.1, 0.15) is 11.1 Å². The van der Waals surface area contributed by atoms with Crippen LogP contribution in [0.5, 0.6) is 5.75 Å². The average Bonchev–Trinajstić information content (AvgIpc) is 2.67. The van der Waals surface area contributed by atoms with Gasteiger partial charge in [0.1, 0.15) is 12.4 Å². The van der Waals surface area contributed by atoms with Crippen molar-refractivity contribution in [3.8, 4) is 5.75 Å². The Balaban J connectivity index is 1.62. The van der Waals surface area contributed by atoms with Crippen molar-refractivity contribution in [3.63, 3.8) is 0 Å². The lowest BCUT2D eigenvalue weighted by molar-refractivity contribution is -0.384. The van der Waals surface area contributed by atoms with Crippen molar-refractivity contribution in [1.82, 2.24) is 0 Å². The van der Waals surface area contributed by atoms with E-state index in [1.807, 2.05) is 30.3 Å². The van der Waals surface area contributed by atoms with Gasteiger partial charge in [0.25, 0.3) is 5.69 Å². The number of nitrogens with zero attached hydrogens (tertiary/aromatic N) is 1. The van der Waals surface area contributed by atoms with Gasteiger partial charge in [-0.1, -0.05) is 53.5 Å². The summed E-state index contributed by atoms with van der Waals surface area (Å²) in [6.45, 7) is 0.802. The first-order chi connectivity index (χ1) is 13.0. The van der Waals surface area contributed by atoms with Crippen LogP contribution in [0.4, 0.5) is 11.4 Å². The molecular formula is C20H16Cl2N2O3. The lowest BCUT2D eigenvalue weighted by Gasteiger charge is -2.11. The second-order valence-corrected chi connectivity index (χ2v) is 6.62. The number of nitro benzene ring substituents is 1. The predicted octanol–water partition coefficient (Wildman–Crippen LogP) is 6.09. The molecule has 0 aliphatic carbocycles. The molecule has 0 fully saturated rings. The Bertz CT molecular complexity index is 963. The fourth-order valence-electron chi connectivity index (χ4n) is 2.48. The van der Waals surface area contributed by atoms with E-state index in [4.69, 9.17) is 27.9 Å². The van der Waals surface area contributed by atoms with Crippen molar-refractivity contribution in [2.45, 2.75) is 13.2 Å². The normalized spacial score (nSPS) is 10.4. The number of hydrogen-bond donors (Lipinski definition) is 1. The van der Waals surface area contributed by atoms with Gasteiger partial charge in [-0.05, 0) is 29.8 Å². The van der Waals surface area contributed by atoms with Crippen LogP contribution >= 0.6 is 23.2 Å². The maximum absolute atomic E-state index is 10.8. The van der Waals surface area contributed by atoms with Gasteiger partial charge in [-0.15, -0.1) is 0 Å². The Kier molecular flexibility index (Phi) is 6.16. The molecule has 3 rings (SSSR count). The molecule has 0 amide bonds. The Morgan fingerprint density at radius 1 is 0.963 bits per heavy atom. The first kappa shape index (κ1) is 19.0. The van der Waals surface area contributed by atoms with E-state index in [-0.39, 0.29) is 5.69 Å². The van der Waals surface area contributed by atoms with Crippen LogP contribution in [-0.2, 0) is 13.2 Å². The van der Waals surface area contributed by atoms with Crippen LogP contribution < -0.4 is 10.1 Å². The van der Waals surface area contributed by atoms with Crippen molar-refractivity contribution in [2.24, 2.45) is 0 Å². The monoisotopic (exact) mass is 402 g/mol. The minimum absolute atomic E-state index is 0.0429. The Morgan fingerprint density at radius 3 is 2.52 bits per heavy atom. The Labute approximate surface area is 166 Å². The largest absolute Gasteiger partial charge is 0.487 e. The first-order valence-electron chi connectivity index (χ1n) is 8.16. The number of rotatable bonds is 7. The fourth-order valence-corrected chi connectivity index (χ4v) is 2.92. The topological polar surface area (TPSA) is 64.4 Å². The standard InChI is InChI=1S/C20H16Cl2N2O3/c21-18-7-2-1-4-15(18)13-27-20-9-8-14(10-19(20)22)12-23-16-5-3-6-17(11-16)24(25)26/h1-11,23H,12-13H2. The highest BCUT2D eigenvalue weighted by atomic mass is 35.5. The third kappa shape index (κ3) is 5.12. The van der Waals surface area contributed by atoms with Gasteiger partial charge < -0.3 is 10.1 Å². The predicted molar refractivity (Wildman–Crippen MR) is 108 cm³/mol. The van der Waals surface area contributed by atoms with E-state index in [0.29, 0.717) is 34.6 Å². The number of hydrogen-bond acceptors (Lipinski definition) is 4. The summed E-state index contributed by atoms with van der Waals surface area (Å²) in [7, 11) is 0. The van der Waals surface area contributed by atoms with E-state index in [9.17, 15) is 10.1 Å². The Hall–Kier alpha value is -2.76. The van der Waals surface area contributed by atoms with Crippen molar-refractivity contribution < 1.29 is 9.66 Å². The molecule has 0 unspecified atom stereocenters. The van der Waals surface area contributed by atoms with Crippen LogP contribution in [0.15, 0.2) is 66.7 Å². The molecule has 138 valence electrons. The third-order valence-electron chi connectivity index (χ3n) is 3.89. The molecule has 0 heterocycles. The summed E-state index contributed by atoms with van der Waals surface area (Å²) in [5, 5.41) is 15.1. The van der Waals surface area contributed by atoms with Gasteiger partial charge in [-0.3, -0.25) is 10.1 Å². The van der Waals surface area contributed by atoms with Gasteiger partial charge in [-0.2, -0.15) is 0 Å². The molecular weight excluding hydrogens is 387 g/mol. The van der Waals surface area contributed by atoms with Crippen molar-refractivity contribution in [3.05, 3.63) is 98.0 Å². The highest BCUT2D eigenvalue weighted by molar-refractivity contribution is 6.32. The van der Waals surface area contributed by atoms with Gasteiger partial charge in [0, 0.05) is 35.0 Å². The van der Waals surface area contributed by atoms with E-state index in [1.165, 1.54) is 12.1 Å². The lowest BCUT2D eigenvalue weighted by atomic mass is 10.2. The summed E-state index contributed by atoms with van der Waals surface area (Å²) in [5.41, 5.74) is 2.52. The number of nitrogens with one attached hydrogen (secondary N) is 1. The van der Waals surface area contributed by atoms with Gasteiger partial charge >= 0.3 is 0 Å². The van der Waals surface area contributed by atoms with E-state index >= 15 is 0 Å². The van der Waals surface area contributed by atoms with E-state index in [0.717, 1.165) is 11.1 Å². The summed E-state index contributed by atoms with van der Waals surface area (Å²) in [5.74, 6) is 0.565. The molecule has 0 saturated heterocycles. The highest BCUT2D eigenvalue weighted by Gasteiger charge is 2.07. The van der Waals surface area contributed by atoms with E-state index in [1.54, 1.807) is 24.3 Å². The van der Waals surface area contributed by atoms with Crippen LogP contribution in [0, 0.1) is 10.1 Å². The Morgan fingerprint density at radius 2 is 1.78 bits per heavy atom. The summed E-state index contributed by atoms with van der Waals surface area (Å²) in [4.78, 5) is 10.4. The van der Waals surface area contributed by atoms with Crippen molar-refractivity contribution >= 4 is 34.6 Å². The van der Waals surface area contributed by atoms with Crippen LogP contribution in [0.2, 0.25) is 10.0 Å². The van der Waals surface area contributed by atoms with Crippen molar-refractivity contribution in [2.75, 3.05) is 5.32 Å². The molecule has 0 aliphatic heterocycles. The van der Waals surface area contributed by atoms with Gasteiger partial charge in [-0.25, -0.2) is 0 Å². The summed E-state index contributed by atoms with van der Waals surface area (Å²) < 4.78 is 5.75. The number of non-ortho nitro benzene ring substituents is 1. The van der Waals surface area contributed by atoms with E-state index in [2.05, 4.69) is 5.32 Å². The SMILES string of the molecule is O=[N+]([O-])c1cccc(NCc2ccc(OCc3ccccc3Cl)c(Cl)c2)c1. The molecule has 5 nitrogen and oxygen atoms in total. The molecule has 3 aromatic carbocycles. The van der Waals surface area contributed by atoms with Crippen LogP contribution in [0.3, 0.4) is 0 Å². The number of halogens is 2. The smallest absolute Gasteiger partial charge is 0.271 e. The van der Waals surface area contributed by atoms with Gasteiger partial charge in [0.05, 0.1) is 9.95 Å². The molecule has 0 spiro atoms. The van der Waals surface area contributed by atoms with Crippen molar-refractivity contribution in [1.29, 1.82) is 0 Å². The number of ether oxygens (including phenoxy) is 1. The maximum atomic E-state index is 10.8. The second-order valence-electron chi connectivity index (χ2n) is 5.81. The molecule has 3 aromatic rings. The molecule has 0 bridgehead atoms. The highest BCUT2D eigenvalue weighted by Crippen LogP contribution is 2.28. The molecule has 1 N–H and O–H groups in total. The summed E-state index contributed by atoms with van der Waals surface area (Å²) in [6.07, 6.45) is 0. The minimum atomic E-state index is -0.423. The number of anilines is 1. The van der Waals surface area contributed by atoms with Crippen LogP contribution in [-0.4, -0.2) is 4.92 Å². The summed E-state index contributed by atoms with van der Waals surface area (Å²) >= 11 is 12.4. The molecule has 0 aliphatic rings. The lowest BCUT2D eigenvalue weighted by Crippen LogP contribution is -2.01. The first-order valence-corrected chi connectivity index (χ1v) is 8.91. The maximum Gasteiger partial charge on any atom is 0.271 e. The quantitative estimate of drug-likeness (QED) is 0.383. The van der Waals surface area contributed by atoms with E-state index < -0.39 is 4.92 Å². The fraction of sp³-hybridized carbons (Fsp3) is 0.100. The van der Waals surface area contributed by atoms with Gasteiger partial charge in [0.2, 0.25) is 0 Å². The number of nitro groups is 1. The average molecular weight is 403 g/mol. The zero-order valence-electron chi connectivity index (χ0n) is 14.2. The zero-order chi connectivity index (χ0) is 19.2. The molecule has 0 atom stereocenters. The molecule has 0 aromatic heterocycles. The second kappa shape index (κ2) is 8.75. The van der Waals surface area contributed by atoms with Crippen LogP contribution in [0.25, 0.3) is 0 Å². The molecule has 0 saturated carbocycles. The molecule has 7 heteroatoms. The third-order valence-corrected chi connectivity index (χ3v) is 4.56.